The Morgan fingerprint density at radius 2 is 2.22 bits per heavy atom. The Morgan fingerprint density at radius 1 is 1.50 bits per heavy atom. The Balaban J connectivity index is 2.40. The zero-order valence-electron chi connectivity index (χ0n) is 9.28. The third-order valence-electron chi connectivity index (χ3n) is 2.78. The van der Waals surface area contributed by atoms with Crippen molar-refractivity contribution in [3.05, 3.63) is 24.3 Å². The minimum atomic E-state index is -4.01. The van der Waals surface area contributed by atoms with Gasteiger partial charge in [0.1, 0.15) is 16.8 Å². The van der Waals surface area contributed by atoms with Crippen LogP contribution in [0.15, 0.2) is 23.4 Å². The number of sulfonamides is 1. The molecule has 1 aromatic rings. The predicted molar refractivity (Wildman–Crippen MR) is 58.7 cm³/mol. The maximum atomic E-state index is 13.0. The van der Waals surface area contributed by atoms with E-state index in [9.17, 15) is 17.6 Å². The summed E-state index contributed by atoms with van der Waals surface area (Å²) in [6, 6.07) is -0.252. The summed E-state index contributed by atoms with van der Waals surface area (Å²) in [5, 5.41) is 8.95. The number of hydrogen-bond acceptors (Lipinski definition) is 4. The van der Waals surface area contributed by atoms with Gasteiger partial charge in [-0.1, -0.05) is 0 Å². The van der Waals surface area contributed by atoms with Crippen molar-refractivity contribution in [3.63, 3.8) is 0 Å². The smallest absolute Gasteiger partial charge is 0.322 e. The number of aromatic nitrogens is 1. The Bertz CT molecular complexity index is 575. The van der Waals surface area contributed by atoms with E-state index < -0.39 is 27.9 Å². The van der Waals surface area contributed by atoms with Crippen molar-refractivity contribution in [1.29, 1.82) is 0 Å². The highest BCUT2D eigenvalue weighted by molar-refractivity contribution is 7.89. The largest absolute Gasteiger partial charge is 0.480 e. The second-order valence-corrected chi connectivity index (χ2v) is 5.84. The number of halogens is 1. The monoisotopic (exact) mass is 274 g/mol. The van der Waals surface area contributed by atoms with Crippen LogP contribution in [0.5, 0.6) is 0 Å². The van der Waals surface area contributed by atoms with Crippen LogP contribution in [0.2, 0.25) is 0 Å². The van der Waals surface area contributed by atoms with Crippen molar-refractivity contribution in [2.24, 2.45) is 0 Å². The summed E-state index contributed by atoms with van der Waals surface area (Å²) < 4.78 is 38.2. The summed E-state index contributed by atoms with van der Waals surface area (Å²) in [4.78, 5) is 14.1. The molecule has 18 heavy (non-hydrogen) atoms. The summed E-state index contributed by atoms with van der Waals surface area (Å²) in [5.41, 5.74) is 0. The third-order valence-corrected chi connectivity index (χ3v) is 4.65. The lowest BCUT2D eigenvalue weighted by molar-refractivity contribution is -0.140. The van der Waals surface area contributed by atoms with Gasteiger partial charge < -0.3 is 5.11 Å². The van der Waals surface area contributed by atoms with Crippen molar-refractivity contribution in [2.45, 2.75) is 23.8 Å². The fraction of sp³-hybridized carbons (Fsp3) is 0.400. The van der Waals surface area contributed by atoms with Crippen molar-refractivity contribution in [1.82, 2.24) is 9.29 Å². The van der Waals surface area contributed by atoms with E-state index in [2.05, 4.69) is 4.98 Å². The molecule has 0 saturated carbocycles. The second-order valence-electron chi connectivity index (χ2n) is 3.95. The number of carboxylic acid groups (broad SMARTS) is 1. The first-order valence-corrected chi connectivity index (χ1v) is 6.72. The normalized spacial score (nSPS) is 21.1. The molecule has 1 aliphatic rings. The predicted octanol–water partition coefficient (Wildman–Crippen LogP) is 0.458. The van der Waals surface area contributed by atoms with Gasteiger partial charge in [0, 0.05) is 12.7 Å². The summed E-state index contributed by atoms with van der Waals surface area (Å²) in [6.07, 6.45) is 2.63. The fourth-order valence-corrected chi connectivity index (χ4v) is 3.57. The van der Waals surface area contributed by atoms with Crippen molar-refractivity contribution in [2.75, 3.05) is 6.54 Å². The van der Waals surface area contributed by atoms with Gasteiger partial charge in [-0.2, -0.15) is 4.31 Å². The first-order valence-electron chi connectivity index (χ1n) is 5.28. The van der Waals surface area contributed by atoms with Crippen molar-refractivity contribution in [3.8, 4) is 0 Å². The van der Waals surface area contributed by atoms with Gasteiger partial charge in [-0.05, 0) is 18.9 Å². The summed E-state index contributed by atoms with van der Waals surface area (Å²) >= 11 is 0. The highest BCUT2D eigenvalue weighted by Gasteiger charge is 2.39. The molecule has 1 unspecified atom stereocenters. The van der Waals surface area contributed by atoms with Crippen LogP contribution in [0.4, 0.5) is 4.39 Å². The molecule has 2 heterocycles. The van der Waals surface area contributed by atoms with Crippen molar-refractivity contribution < 1.29 is 22.7 Å². The number of hydrogen-bond donors (Lipinski definition) is 1. The Labute approximate surface area is 103 Å². The quantitative estimate of drug-likeness (QED) is 0.865. The molecule has 1 saturated heterocycles. The van der Waals surface area contributed by atoms with Crippen LogP contribution in [-0.4, -0.2) is 41.4 Å². The molecule has 6 nitrogen and oxygen atoms in total. The summed E-state index contributed by atoms with van der Waals surface area (Å²) in [5.74, 6) is -1.97. The molecule has 0 bridgehead atoms. The average molecular weight is 274 g/mol. The number of carbonyl (C=O) groups is 1. The van der Waals surface area contributed by atoms with Gasteiger partial charge in [-0.25, -0.2) is 12.8 Å². The minimum Gasteiger partial charge on any atom is -0.480 e. The average Bonchev–Trinajstić information content (AvgIpc) is 2.78. The molecule has 0 radical (unpaired) electrons. The van der Waals surface area contributed by atoms with E-state index in [4.69, 9.17) is 5.11 Å². The molecule has 0 spiro atoms. The zero-order valence-corrected chi connectivity index (χ0v) is 10.1. The molecule has 0 aliphatic carbocycles. The molecule has 0 aromatic carbocycles. The highest BCUT2D eigenvalue weighted by atomic mass is 32.2. The molecular weight excluding hydrogens is 263 g/mol. The Kier molecular flexibility index (Phi) is 3.31. The maximum Gasteiger partial charge on any atom is 0.322 e. The van der Waals surface area contributed by atoms with Gasteiger partial charge in [0.15, 0.2) is 0 Å². The first-order chi connectivity index (χ1) is 8.43. The standard InChI is InChI=1S/C10H11FN2O4S/c11-7-4-8(6-12-5-7)18(16,17)13-3-1-2-9(13)10(14)15/h4-6,9H,1-3H2,(H,14,15). The van der Waals surface area contributed by atoms with Gasteiger partial charge in [0.05, 0.1) is 6.20 Å². The molecule has 1 fully saturated rings. The molecule has 1 N–H and O–H groups in total. The topological polar surface area (TPSA) is 87.6 Å². The molecule has 0 amide bonds. The Morgan fingerprint density at radius 3 is 2.83 bits per heavy atom. The van der Waals surface area contributed by atoms with Gasteiger partial charge in [0.2, 0.25) is 10.0 Å². The highest BCUT2D eigenvalue weighted by Crippen LogP contribution is 2.25. The molecule has 1 aliphatic heterocycles. The second kappa shape index (κ2) is 4.62. The van der Waals surface area contributed by atoms with E-state index in [1.54, 1.807) is 0 Å². The van der Waals surface area contributed by atoms with E-state index in [1.165, 1.54) is 0 Å². The molecule has 2 rings (SSSR count). The van der Waals surface area contributed by atoms with E-state index in [0.717, 1.165) is 22.8 Å². The summed E-state index contributed by atoms with van der Waals surface area (Å²) in [7, 11) is -4.01. The fourth-order valence-electron chi connectivity index (χ4n) is 1.94. The van der Waals surface area contributed by atoms with Crippen LogP contribution in [-0.2, 0) is 14.8 Å². The molecule has 8 heteroatoms. The van der Waals surface area contributed by atoms with E-state index in [0.29, 0.717) is 6.42 Å². The van der Waals surface area contributed by atoms with Crippen LogP contribution in [0.25, 0.3) is 0 Å². The van der Waals surface area contributed by atoms with Crippen molar-refractivity contribution >= 4 is 16.0 Å². The van der Waals surface area contributed by atoms with Gasteiger partial charge in [0.25, 0.3) is 0 Å². The molecular formula is C10H11FN2O4S. The first kappa shape index (κ1) is 12.9. The lowest BCUT2D eigenvalue weighted by Crippen LogP contribution is -2.40. The van der Waals surface area contributed by atoms with Crippen LogP contribution >= 0.6 is 0 Å². The van der Waals surface area contributed by atoms with Gasteiger partial charge >= 0.3 is 5.97 Å². The van der Waals surface area contributed by atoms with Gasteiger partial charge in [-0.3, -0.25) is 9.78 Å². The third kappa shape index (κ3) is 2.21. The van der Waals surface area contributed by atoms with E-state index >= 15 is 0 Å². The molecule has 1 aromatic heterocycles. The number of carboxylic acids is 1. The number of pyridine rings is 1. The van der Waals surface area contributed by atoms with Crippen LogP contribution in [0.1, 0.15) is 12.8 Å². The van der Waals surface area contributed by atoms with Gasteiger partial charge in [-0.15, -0.1) is 0 Å². The number of nitrogens with zero attached hydrogens (tertiary/aromatic N) is 2. The van der Waals surface area contributed by atoms with Crippen LogP contribution < -0.4 is 0 Å². The lowest BCUT2D eigenvalue weighted by atomic mass is 10.2. The number of rotatable bonds is 3. The van der Waals surface area contributed by atoms with E-state index in [-0.39, 0.29) is 17.9 Å². The summed E-state index contributed by atoms with van der Waals surface area (Å²) in [6.45, 7) is 0.121. The molecule has 98 valence electrons. The number of aliphatic carboxylic acids is 1. The van der Waals surface area contributed by atoms with E-state index in [1.807, 2.05) is 0 Å². The lowest BCUT2D eigenvalue weighted by Gasteiger charge is -2.20. The minimum absolute atomic E-state index is 0.121. The Hall–Kier alpha value is -1.54. The van der Waals surface area contributed by atoms with Crippen LogP contribution in [0, 0.1) is 5.82 Å². The molecule has 1 atom stereocenters. The SMILES string of the molecule is O=C(O)C1CCCN1S(=O)(=O)c1cncc(F)c1. The zero-order chi connectivity index (χ0) is 13.3. The maximum absolute atomic E-state index is 13.0. The van der Waals surface area contributed by atoms with Crippen LogP contribution in [0.3, 0.4) is 0 Å².